The fourth-order valence-electron chi connectivity index (χ4n) is 8.04. The van der Waals surface area contributed by atoms with Crippen LogP contribution in [0.3, 0.4) is 0 Å². The van der Waals surface area contributed by atoms with Crippen LogP contribution < -0.4 is 10.6 Å². The van der Waals surface area contributed by atoms with Gasteiger partial charge in [0.15, 0.2) is 6.35 Å². The van der Waals surface area contributed by atoms with Crippen LogP contribution >= 0.6 is 11.8 Å². The summed E-state index contributed by atoms with van der Waals surface area (Å²) in [7, 11) is 2.20. The average Bonchev–Trinajstić information content (AvgIpc) is 3.39. The van der Waals surface area contributed by atoms with Gasteiger partial charge in [0.05, 0.1) is 31.3 Å². The van der Waals surface area contributed by atoms with E-state index in [1.165, 1.54) is 42.0 Å². The second kappa shape index (κ2) is 12.4. The number of fused-ring (bicyclic) bond motifs is 2. The summed E-state index contributed by atoms with van der Waals surface area (Å²) in [6.07, 6.45) is 8.70. The van der Waals surface area contributed by atoms with Crippen molar-refractivity contribution in [1.29, 1.82) is 5.26 Å². The van der Waals surface area contributed by atoms with E-state index in [1.807, 2.05) is 4.90 Å². The van der Waals surface area contributed by atoms with Gasteiger partial charge in [-0.05, 0) is 76.2 Å². The smallest absolute Gasteiger partial charge is 0.246 e. The summed E-state index contributed by atoms with van der Waals surface area (Å²) in [5.74, 6) is 1.46. The lowest BCUT2D eigenvalue weighted by molar-refractivity contribution is -0.135. The quantitative estimate of drug-likeness (QED) is 0.498. The zero-order valence-corrected chi connectivity index (χ0v) is 25.5. The van der Waals surface area contributed by atoms with Crippen molar-refractivity contribution < 1.29 is 9.53 Å². The normalized spacial score (nSPS) is 36.0. The second-order valence-electron chi connectivity index (χ2n) is 12.9. The van der Waals surface area contributed by atoms with Crippen molar-refractivity contribution >= 4 is 17.7 Å². The largest absolute Gasteiger partial charge is 0.348 e. The third-order valence-corrected chi connectivity index (χ3v) is 11.9. The van der Waals surface area contributed by atoms with Crippen molar-refractivity contribution in [2.24, 2.45) is 5.92 Å². The number of piperazine rings is 1. The maximum Gasteiger partial charge on any atom is 0.246 e. The molecule has 41 heavy (non-hydrogen) atoms. The first kappa shape index (κ1) is 29.2. The van der Waals surface area contributed by atoms with Crippen molar-refractivity contribution in [3.05, 3.63) is 47.5 Å². The van der Waals surface area contributed by atoms with Gasteiger partial charge in [0, 0.05) is 48.1 Å². The van der Waals surface area contributed by atoms with E-state index in [9.17, 15) is 10.1 Å². The minimum absolute atomic E-state index is 0.0765. The minimum Gasteiger partial charge on any atom is -0.348 e. The van der Waals surface area contributed by atoms with E-state index in [2.05, 4.69) is 77.0 Å². The van der Waals surface area contributed by atoms with E-state index in [-0.39, 0.29) is 29.2 Å². The molecule has 1 aromatic rings. The molecule has 4 heterocycles. The van der Waals surface area contributed by atoms with Gasteiger partial charge in [-0.2, -0.15) is 5.26 Å². The SMILES string of the molecule is C=CC(=O)N1CCN(C2NC(OCC3CCCN3C)NC3C[C@@]4(CCC32)Cc2ccc(C)cc2CS4)CC1CC#N. The molecule has 8 nitrogen and oxygen atoms in total. The molecule has 6 unspecified atom stereocenters. The fraction of sp³-hybridized carbons (Fsp3) is 0.688. The molecule has 5 aliphatic rings. The Morgan fingerprint density at radius 2 is 2.12 bits per heavy atom. The van der Waals surface area contributed by atoms with Gasteiger partial charge in [-0.15, -0.1) is 11.8 Å². The van der Waals surface area contributed by atoms with Gasteiger partial charge < -0.3 is 14.5 Å². The Balaban J connectivity index is 1.20. The van der Waals surface area contributed by atoms with Crippen LogP contribution in [-0.4, -0.2) is 95.8 Å². The fourth-order valence-corrected chi connectivity index (χ4v) is 9.59. The highest BCUT2D eigenvalue weighted by Gasteiger charge is 2.50. The summed E-state index contributed by atoms with van der Waals surface area (Å²) >= 11 is 2.17. The molecule has 1 amide bonds. The number of hydrogen-bond acceptors (Lipinski definition) is 8. The lowest BCUT2D eigenvalue weighted by atomic mass is 9.72. The molecule has 4 aliphatic heterocycles. The number of carbonyl (C=O) groups excluding carboxylic acids is 1. The molecule has 1 aromatic carbocycles. The van der Waals surface area contributed by atoms with Crippen LogP contribution in [-0.2, 0) is 21.7 Å². The number of hydrogen-bond donors (Lipinski definition) is 2. The second-order valence-corrected chi connectivity index (χ2v) is 14.4. The van der Waals surface area contributed by atoms with Crippen LogP contribution in [0.15, 0.2) is 30.9 Å². The topological polar surface area (TPSA) is 83.9 Å². The maximum absolute atomic E-state index is 12.6. The molecule has 0 bridgehead atoms. The number of benzene rings is 1. The first-order valence-corrected chi connectivity index (χ1v) is 16.5. The molecule has 3 saturated heterocycles. The average molecular weight is 579 g/mol. The van der Waals surface area contributed by atoms with Gasteiger partial charge in [0.1, 0.15) is 0 Å². The molecule has 9 heteroatoms. The summed E-state index contributed by atoms with van der Waals surface area (Å²) in [5, 5.41) is 17.3. The van der Waals surface area contributed by atoms with Crippen molar-refractivity contribution in [2.75, 3.05) is 39.8 Å². The molecule has 2 N–H and O–H groups in total. The van der Waals surface area contributed by atoms with Crippen LogP contribution in [0.5, 0.6) is 0 Å². The first-order chi connectivity index (χ1) is 19.9. The molecule has 222 valence electrons. The number of likely N-dealkylation sites (N-methyl/N-ethyl adjacent to an activating group) is 1. The number of likely N-dealkylation sites (tertiary alicyclic amines) is 1. The maximum atomic E-state index is 12.6. The van der Waals surface area contributed by atoms with E-state index >= 15 is 0 Å². The van der Waals surface area contributed by atoms with Gasteiger partial charge in [-0.3, -0.25) is 20.3 Å². The summed E-state index contributed by atoms with van der Waals surface area (Å²) < 4.78 is 6.83. The van der Waals surface area contributed by atoms with Gasteiger partial charge in [0.2, 0.25) is 5.91 Å². The van der Waals surface area contributed by atoms with Crippen LogP contribution in [0.1, 0.15) is 55.2 Å². The molecule has 7 atom stereocenters. The standard InChI is InChI=1S/C32H46N6O2S/c1-4-29(39)38-15-14-37(19-25(38)10-12-33)30-27-9-11-32(17-23-8-7-22(2)16-24(23)21-41-32)18-28(27)34-31(35-30)40-20-26-6-5-13-36(26)3/h4,7-8,16,25-28,30-31,34-35H,1,5-6,9-11,13-15,17-21H2,2-3H3/t25?,26?,27?,28?,30?,31?,32-/m1/s1. The number of rotatable bonds is 6. The molecule has 6 rings (SSSR count). The number of aryl methyl sites for hydroxylation is 1. The molecule has 1 spiro atoms. The third-order valence-electron chi connectivity index (χ3n) is 10.4. The van der Waals surface area contributed by atoms with E-state index in [0.29, 0.717) is 37.5 Å². The molecular weight excluding hydrogens is 532 g/mol. The van der Waals surface area contributed by atoms with E-state index < -0.39 is 0 Å². The van der Waals surface area contributed by atoms with E-state index in [4.69, 9.17) is 4.74 Å². The summed E-state index contributed by atoms with van der Waals surface area (Å²) in [6.45, 7) is 9.84. The monoisotopic (exact) mass is 578 g/mol. The van der Waals surface area contributed by atoms with Gasteiger partial charge in [-0.1, -0.05) is 30.3 Å². The number of thioether (sulfide) groups is 1. The molecule has 1 saturated carbocycles. The molecule has 0 radical (unpaired) electrons. The molecule has 4 fully saturated rings. The lowest BCUT2D eigenvalue weighted by Gasteiger charge is -2.56. The number of nitriles is 1. The zero-order chi connectivity index (χ0) is 28.6. The zero-order valence-electron chi connectivity index (χ0n) is 24.7. The Labute approximate surface area is 249 Å². The summed E-state index contributed by atoms with van der Waals surface area (Å²) in [4.78, 5) is 19.3. The number of ether oxygens (including phenoxy) is 1. The Morgan fingerprint density at radius 3 is 2.90 bits per heavy atom. The molecular formula is C32H46N6O2S. The Kier molecular flexibility index (Phi) is 8.79. The van der Waals surface area contributed by atoms with Crippen LogP contribution in [0.25, 0.3) is 0 Å². The van der Waals surface area contributed by atoms with Crippen LogP contribution in [0.2, 0.25) is 0 Å². The number of amides is 1. The Morgan fingerprint density at radius 1 is 1.24 bits per heavy atom. The van der Waals surface area contributed by atoms with Gasteiger partial charge >= 0.3 is 0 Å². The van der Waals surface area contributed by atoms with E-state index in [0.717, 1.165) is 44.7 Å². The van der Waals surface area contributed by atoms with Gasteiger partial charge in [-0.25, -0.2) is 0 Å². The minimum atomic E-state index is -0.212. The predicted octanol–water partition coefficient (Wildman–Crippen LogP) is 3.22. The summed E-state index contributed by atoms with van der Waals surface area (Å²) in [6, 6.07) is 10.0. The van der Waals surface area contributed by atoms with Crippen molar-refractivity contribution in [3.63, 3.8) is 0 Å². The highest BCUT2D eigenvalue weighted by molar-refractivity contribution is 8.00. The van der Waals surface area contributed by atoms with Crippen molar-refractivity contribution in [2.45, 2.75) is 93.0 Å². The van der Waals surface area contributed by atoms with Crippen molar-refractivity contribution in [1.82, 2.24) is 25.3 Å². The highest BCUT2D eigenvalue weighted by Crippen LogP contribution is 2.50. The number of nitrogens with one attached hydrogen (secondary N) is 2. The van der Waals surface area contributed by atoms with Crippen LogP contribution in [0.4, 0.5) is 0 Å². The van der Waals surface area contributed by atoms with Gasteiger partial charge in [0.25, 0.3) is 0 Å². The molecule has 0 aromatic heterocycles. The van der Waals surface area contributed by atoms with Crippen molar-refractivity contribution in [3.8, 4) is 6.07 Å². The molecule has 1 aliphatic carbocycles. The van der Waals surface area contributed by atoms with E-state index in [1.54, 1.807) is 0 Å². The Bertz CT molecular complexity index is 1170. The first-order valence-electron chi connectivity index (χ1n) is 15.5. The highest BCUT2D eigenvalue weighted by atomic mass is 32.2. The summed E-state index contributed by atoms with van der Waals surface area (Å²) in [5.41, 5.74) is 4.39. The van der Waals surface area contributed by atoms with Crippen LogP contribution in [0, 0.1) is 24.2 Å². The lowest BCUT2D eigenvalue weighted by Crippen LogP contribution is -2.73. The predicted molar refractivity (Wildman–Crippen MR) is 163 cm³/mol. The Hall–Kier alpha value is -1.93. The number of nitrogens with zero attached hydrogens (tertiary/aromatic N) is 4. The third kappa shape index (κ3) is 6.11. The number of carbonyl (C=O) groups is 1.